The summed E-state index contributed by atoms with van der Waals surface area (Å²) in [6.45, 7) is 6.64. The largest absolute Gasteiger partial charge is 0.238 e. The number of hydrogen-bond donors (Lipinski definition) is 0. The zero-order chi connectivity index (χ0) is 22.4. The van der Waals surface area contributed by atoms with Crippen LogP contribution in [0.15, 0.2) is 6.07 Å². The quantitative estimate of drug-likeness (QED) is 0.171. The van der Waals surface area contributed by atoms with Crippen molar-refractivity contribution in [1.82, 2.24) is 9.97 Å². The summed E-state index contributed by atoms with van der Waals surface area (Å²) in [5.41, 5.74) is 2.54. The molecule has 0 bridgehead atoms. The Kier molecular flexibility index (Phi) is 19.0. The number of aryl methyl sites for hydroxylation is 3. The van der Waals surface area contributed by atoms with Crippen LogP contribution in [0.4, 0.5) is 0 Å². The molecule has 0 amide bonds. The molecule has 0 aliphatic heterocycles. The molecule has 0 spiro atoms. The molecule has 180 valence electrons. The number of nitrogens with zero attached hydrogens (tertiary/aromatic N) is 2. The van der Waals surface area contributed by atoms with Gasteiger partial charge in [-0.3, -0.25) is 0 Å². The summed E-state index contributed by atoms with van der Waals surface area (Å²) >= 11 is 0. The maximum atomic E-state index is 4.70. The van der Waals surface area contributed by atoms with Crippen LogP contribution in [-0.4, -0.2) is 9.97 Å². The maximum Gasteiger partial charge on any atom is 0.125 e. The topological polar surface area (TPSA) is 25.8 Å². The fourth-order valence-electron chi connectivity index (χ4n) is 4.54. The summed E-state index contributed by atoms with van der Waals surface area (Å²) in [6.07, 6.45) is 30.2. The van der Waals surface area contributed by atoms with E-state index in [1.807, 2.05) is 0 Å². The predicted molar refractivity (Wildman–Crippen MR) is 138 cm³/mol. The zero-order valence-corrected chi connectivity index (χ0v) is 21.5. The van der Waals surface area contributed by atoms with E-state index < -0.39 is 0 Å². The van der Waals surface area contributed by atoms with E-state index in [9.17, 15) is 0 Å². The van der Waals surface area contributed by atoms with Gasteiger partial charge < -0.3 is 0 Å². The first-order chi connectivity index (χ1) is 15.3. The number of aromatic nitrogens is 2. The lowest BCUT2D eigenvalue weighted by atomic mass is 10.0. The molecule has 0 saturated heterocycles. The normalized spacial score (nSPS) is 11.3. The van der Waals surface area contributed by atoms with Gasteiger partial charge in [0.05, 0.1) is 0 Å². The van der Waals surface area contributed by atoms with E-state index in [1.165, 1.54) is 140 Å². The average Bonchev–Trinajstić information content (AvgIpc) is 2.76. The van der Waals surface area contributed by atoms with Crippen LogP contribution in [-0.2, 0) is 12.8 Å². The molecular formula is C29H54N2. The molecular weight excluding hydrogens is 376 g/mol. The molecule has 1 aromatic heterocycles. The third kappa shape index (κ3) is 17.3. The molecule has 0 fully saturated rings. The van der Waals surface area contributed by atoms with Gasteiger partial charge in [-0.2, -0.15) is 0 Å². The summed E-state index contributed by atoms with van der Waals surface area (Å²) in [6, 6.07) is 2.29. The minimum absolute atomic E-state index is 0.964. The molecule has 1 rings (SSSR count). The average molecular weight is 431 g/mol. The van der Waals surface area contributed by atoms with Crippen LogP contribution in [0.1, 0.15) is 159 Å². The second-order valence-corrected chi connectivity index (χ2v) is 9.76. The molecule has 2 nitrogen and oxygen atoms in total. The maximum absolute atomic E-state index is 4.70. The van der Waals surface area contributed by atoms with Crippen LogP contribution in [0.25, 0.3) is 0 Å². The molecule has 0 aliphatic carbocycles. The van der Waals surface area contributed by atoms with E-state index >= 15 is 0 Å². The highest BCUT2D eigenvalue weighted by Crippen LogP contribution is 2.14. The Hall–Kier alpha value is -0.920. The Morgan fingerprint density at radius 3 is 1.06 bits per heavy atom. The van der Waals surface area contributed by atoms with Gasteiger partial charge in [0.1, 0.15) is 5.82 Å². The van der Waals surface area contributed by atoms with Crippen LogP contribution in [0, 0.1) is 6.92 Å². The molecule has 0 N–H and O–H groups in total. The second-order valence-electron chi connectivity index (χ2n) is 9.76. The van der Waals surface area contributed by atoms with Crippen molar-refractivity contribution in [1.29, 1.82) is 0 Å². The first kappa shape index (κ1) is 28.1. The molecule has 0 saturated carbocycles. The monoisotopic (exact) mass is 430 g/mol. The highest BCUT2D eigenvalue weighted by Gasteiger charge is 2.03. The molecule has 31 heavy (non-hydrogen) atoms. The lowest BCUT2D eigenvalue weighted by Crippen LogP contribution is -2.01. The summed E-state index contributed by atoms with van der Waals surface area (Å²) in [4.78, 5) is 9.40. The Morgan fingerprint density at radius 1 is 0.452 bits per heavy atom. The first-order valence-corrected chi connectivity index (χ1v) is 14.1. The zero-order valence-electron chi connectivity index (χ0n) is 21.5. The van der Waals surface area contributed by atoms with Gasteiger partial charge in [0.2, 0.25) is 0 Å². The fourth-order valence-corrected chi connectivity index (χ4v) is 4.54. The van der Waals surface area contributed by atoms with E-state index in [-0.39, 0.29) is 0 Å². The van der Waals surface area contributed by atoms with Crippen molar-refractivity contribution in [3.8, 4) is 0 Å². The molecule has 0 aliphatic rings. The van der Waals surface area contributed by atoms with Crippen LogP contribution in [0.3, 0.4) is 0 Å². The van der Waals surface area contributed by atoms with Crippen LogP contribution in [0.5, 0.6) is 0 Å². The summed E-state index contributed by atoms with van der Waals surface area (Å²) < 4.78 is 0. The van der Waals surface area contributed by atoms with Gasteiger partial charge in [0.15, 0.2) is 0 Å². The fraction of sp³-hybridized carbons (Fsp3) is 0.862. The van der Waals surface area contributed by atoms with Crippen molar-refractivity contribution < 1.29 is 0 Å². The third-order valence-electron chi connectivity index (χ3n) is 6.52. The van der Waals surface area contributed by atoms with Crippen molar-refractivity contribution in [2.75, 3.05) is 0 Å². The summed E-state index contributed by atoms with van der Waals surface area (Å²) in [7, 11) is 0. The lowest BCUT2D eigenvalue weighted by molar-refractivity contribution is 0.553. The van der Waals surface area contributed by atoms with E-state index in [4.69, 9.17) is 9.97 Å². The van der Waals surface area contributed by atoms with Gasteiger partial charge in [0, 0.05) is 11.4 Å². The van der Waals surface area contributed by atoms with Gasteiger partial charge in [-0.25, -0.2) is 9.97 Å². The van der Waals surface area contributed by atoms with Crippen molar-refractivity contribution in [3.63, 3.8) is 0 Å². The highest BCUT2D eigenvalue weighted by molar-refractivity contribution is 5.11. The second kappa shape index (κ2) is 21.0. The third-order valence-corrected chi connectivity index (χ3v) is 6.52. The van der Waals surface area contributed by atoms with E-state index in [0.29, 0.717) is 0 Å². The standard InChI is InChI=1S/C29H54N2/c1-4-6-8-10-12-14-16-18-20-22-24-28-26-29(31-27(3)30-28)25-23-21-19-17-15-13-11-9-7-5-2/h26H,4-25H2,1-3H3. The molecule has 1 aromatic rings. The Labute approximate surface area is 195 Å². The first-order valence-electron chi connectivity index (χ1n) is 14.1. The number of hydrogen-bond acceptors (Lipinski definition) is 2. The summed E-state index contributed by atoms with van der Waals surface area (Å²) in [5, 5.41) is 0. The van der Waals surface area contributed by atoms with E-state index in [2.05, 4.69) is 26.8 Å². The summed E-state index contributed by atoms with van der Waals surface area (Å²) in [5.74, 6) is 0.964. The van der Waals surface area contributed by atoms with Crippen LogP contribution >= 0.6 is 0 Å². The van der Waals surface area contributed by atoms with Crippen molar-refractivity contribution in [2.24, 2.45) is 0 Å². The molecule has 0 unspecified atom stereocenters. The molecule has 0 aromatic carbocycles. The molecule has 2 heteroatoms. The number of unbranched alkanes of at least 4 members (excludes halogenated alkanes) is 18. The smallest absolute Gasteiger partial charge is 0.125 e. The predicted octanol–water partition coefficient (Wildman–Crippen LogP) is 9.71. The lowest BCUT2D eigenvalue weighted by Gasteiger charge is -2.07. The Balaban J connectivity index is 2.06. The van der Waals surface area contributed by atoms with Crippen molar-refractivity contribution in [3.05, 3.63) is 23.3 Å². The molecule has 0 radical (unpaired) electrons. The van der Waals surface area contributed by atoms with E-state index in [1.54, 1.807) is 0 Å². The molecule has 1 heterocycles. The van der Waals surface area contributed by atoms with Crippen molar-refractivity contribution in [2.45, 2.75) is 162 Å². The van der Waals surface area contributed by atoms with Gasteiger partial charge >= 0.3 is 0 Å². The molecule has 0 atom stereocenters. The Morgan fingerprint density at radius 2 is 0.742 bits per heavy atom. The van der Waals surface area contributed by atoms with Gasteiger partial charge in [-0.1, -0.05) is 129 Å². The SMILES string of the molecule is CCCCCCCCCCCCc1cc(CCCCCCCCCCCC)nc(C)n1. The van der Waals surface area contributed by atoms with Gasteiger partial charge in [-0.05, 0) is 38.7 Å². The van der Waals surface area contributed by atoms with E-state index in [0.717, 1.165) is 18.7 Å². The Bertz CT molecular complexity index is 469. The number of rotatable bonds is 22. The minimum Gasteiger partial charge on any atom is -0.238 e. The van der Waals surface area contributed by atoms with Crippen molar-refractivity contribution >= 4 is 0 Å². The van der Waals surface area contributed by atoms with Gasteiger partial charge in [-0.15, -0.1) is 0 Å². The van der Waals surface area contributed by atoms with Gasteiger partial charge in [0.25, 0.3) is 0 Å². The minimum atomic E-state index is 0.964. The van der Waals surface area contributed by atoms with Crippen LogP contribution < -0.4 is 0 Å². The highest BCUT2D eigenvalue weighted by atomic mass is 14.9. The van der Waals surface area contributed by atoms with Crippen LogP contribution in [0.2, 0.25) is 0 Å².